The molecule has 0 saturated heterocycles. The fraction of sp³-hybridized carbons (Fsp3) is 0.391. The van der Waals surface area contributed by atoms with Gasteiger partial charge < -0.3 is 19.6 Å². The van der Waals surface area contributed by atoms with E-state index in [0.29, 0.717) is 21.4 Å². The van der Waals surface area contributed by atoms with E-state index >= 15 is 0 Å². The van der Waals surface area contributed by atoms with E-state index in [9.17, 15) is 13.2 Å². The highest BCUT2D eigenvalue weighted by atomic mass is 35.5. The molecule has 0 aliphatic heterocycles. The van der Waals surface area contributed by atoms with Gasteiger partial charge in [-0.25, -0.2) is 0 Å². The molecule has 34 heavy (non-hydrogen) atoms. The molecule has 0 radical (unpaired) electrons. The van der Waals surface area contributed by atoms with Crippen LogP contribution in [0.5, 0.6) is 17.2 Å². The van der Waals surface area contributed by atoms with Gasteiger partial charge in [0, 0.05) is 17.4 Å². The predicted molar refractivity (Wildman–Crippen MR) is 132 cm³/mol. The van der Waals surface area contributed by atoms with Gasteiger partial charge in [0.15, 0.2) is 11.5 Å². The van der Waals surface area contributed by atoms with Crippen LogP contribution in [0.3, 0.4) is 0 Å². The van der Waals surface area contributed by atoms with E-state index in [4.69, 9.17) is 47.0 Å². The third-order valence-corrected chi connectivity index (χ3v) is 6.67. The first-order valence-corrected chi connectivity index (χ1v) is 12.6. The number of carbonyl (C=O) groups is 1. The molecule has 8 nitrogen and oxygen atoms in total. The van der Waals surface area contributed by atoms with Crippen LogP contribution in [0.4, 0.5) is 0 Å². The summed E-state index contributed by atoms with van der Waals surface area (Å²) in [7, 11) is 0.650. The first-order chi connectivity index (χ1) is 15.8. The molecule has 0 aliphatic carbocycles. The van der Waals surface area contributed by atoms with Gasteiger partial charge in [0.05, 0.1) is 49.9 Å². The van der Waals surface area contributed by atoms with Crippen molar-refractivity contribution in [1.29, 1.82) is 5.41 Å². The molecule has 0 aromatic heterocycles. The molecule has 0 heterocycles. The monoisotopic (exact) mass is 531 g/mol. The number of carbonyl (C=O) groups excluding carboxylic acids is 1. The van der Waals surface area contributed by atoms with Crippen molar-refractivity contribution in [3.05, 3.63) is 51.5 Å². The summed E-state index contributed by atoms with van der Waals surface area (Å²) >= 11 is 12.2. The summed E-state index contributed by atoms with van der Waals surface area (Å²) in [4.78, 5) is 13.2. The molecule has 11 heteroatoms. The second kappa shape index (κ2) is 11.4. The Morgan fingerprint density at radius 3 is 2.06 bits per heavy atom. The summed E-state index contributed by atoms with van der Waals surface area (Å²) in [5.74, 6) is 0.347. The Kier molecular flexibility index (Phi) is 9.36. The van der Waals surface area contributed by atoms with Crippen molar-refractivity contribution in [1.82, 2.24) is 0 Å². The molecule has 0 bridgehead atoms. The minimum Gasteiger partial charge on any atom is -0.493 e. The Balaban J connectivity index is 2.41. The molecule has 2 aromatic rings. The van der Waals surface area contributed by atoms with E-state index in [0.717, 1.165) is 6.26 Å². The zero-order valence-corrected chi connectivity index (χ0v) is 21.9. The number of halogens is 2. The van der Waals surface area contributed by atoms with Crippen molar-refractivity contribution in [2.24, 2.45) is 0 Å². The average Bonchev–Trinajstić information content (AvgIpc) is 2.78. The molecular weight excluding hydrogens is 505 g/mol. The maximum atomic E-state index is 13.2. The van der Waals surface area contributed by atoms with Gasteiger partial charge in [0.2, 0.25) is 11.5 Å². The van der Waals surface area contributed by atoms with Crippen molar-refractivity contribution >= 4 is 44.8 Å². The second-order valence-electron chi connectivity index (χ2n) is 7.86. The number of Topliss-reactive ketones (excluding diaryl/α,β-unsaturated/α-hetero) is 1. The molecule has 1 atom stereocenters. The largest absolute Gasteiger partial charge is 0.493 e. The average molecular weight is 532 g/mol. The lowest BCUT2D eigenvalue weighted by atomic mass is 9.74. The van der Waals surface area contributed by atoms with Crippen LogP contribution in [0.1, 0.15) is 35.7 Å². The first-order valence-electron chi connectivity index (χ1n) is 10.1. The molecule has 2 rings (SSSR count). The van der Waals surface area contributed by atoms with Gasteiger partial charge in [-0.15, -0.1) is 0 Å². The van der Waals surface area contributed by atoms with Crippen molar-refractivity contribution in [3.8, 4) is 17.2 Å². The minimum absolute atomic E-state index is 0.0203. The normalized spacial score (nSPS) is 13.1. The molecule has 2 aromatic carbocycles. The molecule has 0 fully saturated rings. The summed E-state index contributed by atoms with van der Waals surface area (Å²) < 4.78 is 43.7. The Morgan fingerprint density at radius 2 is 1.59 bits per heavy atom. The van der Waals surface area contributed by atoms with E-state index in [2.05, 4.69) is 0 Å². The lowest BCUT2D eigenvalue weighted by Gasteiger charge is -2.30. The number of nitrogens with one attached hydrogen (secondary N) is 1. The zero-order chi connectivity index (χ0) is 25.7. The third-order valence-electron chi connectivity index (χ3n) is 5.34. The van der Waals surface area contributed by atoms with Crippen molar-refractivity contribution < 1.29 is 31.6 Å². The van der Waals surface area contributed by atoms with E-state index in [-0.39, 0.29) is 42.2 Å². The van der Waals surface area contributed by atoms with E-state index in [1.54, 1.807) is 25.1 Å². The van der Waals surface area contributed by atoms with Gasteiger partial charge in [-0.2, -0.15) is 8.42 Å². The fourth-order valence-corrected chi connectivity index (χ4v) is 4.17. The zero-order valence-electron chi connectivity index (χ0n) is 19.5. The van der Waals surface area contributed by atoms with Gasteiger partial charge in [-0.3, -0.25) is 8.98 Å². The highest BCUT2D eigenvalue weighted by molar-refractivity contribution is 7.85. The van der Waals surface area contributed by atoms with Crippen LogP contribution in [0, 0.1) is 5.41 Å². The van der Waals surface area contributed by atoms with Crippen molar-refractivity contribution in [2.75, 3.05) is 34.2 Å². The SMILES string of the molecule is COc1cc(C(=O)C(=N)CC(C)(CCOS(C)(=O)=O)c2ccc(Cl)c(Cl)c2)cc(OC)c1OC. The molecule has 1 unspecified atom stereocenters. The summed E-state index contributed by atoms with van der Waals surface area (Å²) in [5, 5.41) is 9.22. The molecule has 0 aliphatic rings. The van der Waals surface area contributed by atoms with Crippen LogP contribution in [0.15, 0.2) is 30.3 Å². The lowest BCUT2D eigenvalue weighted by Crippen LogP contribution is -2.31. The standard InChI is InChI=1S/C23H27Cl2NO7S/c1-23(8-9-33-34(5,28)29,15-6-7-16(24)17(25)12-15)13-18(26)21(27)14-10-19(30-2)22(32-4)20(11-14)31-3/h6-7,10-12,26H,8-9,13H2,1-5H3. The Bertz CT molecular complexity index is 1160. The van der Waals surface area contributed by atoms with Crippen LogP contribution in [-0.2, 0) is 19.7 Å². The van der Waals surface area contributed by atoms with Crippen LogP contribution >= 0.6 is 23.2 Å². The number of ketones is 1. The summed E-state index contributed by atoms with van der Waals surface area (Å²) in [6.45, 7) is 1.66. The minimum atomic E-state index is -3.66. The lowest BCUT2D eigenvalue weighted by molar-refractivity contribution is 0.105. The molecular formula is C23H27Cl2NO7S. The number of methoxy groups -OCH3 is 3. The quantitative estimate of drug-likeness (QED) is 0.234. The maximum Gasteiger partial charge on any atom is 0.264 e. The molecule has 186 valence electrons. The van der Waals surface area contributed by atoms with Crippen LogP contribution in [0.2, 0.25) is 10.0 Å². The molecule has 1 N–H and O–H groups in total. The Morgan fingerprint density at radius 1 is 1.00 bits per heavy atom. The van der Waals surface area contributed by atoms with Crippen molar-refractivity contribution in [2.45, 2.75) is 25.2 Å². The molecule has 0 saturated carbocycles. The smallest absolute Gasteiger partial charge is 0.264 e. The summed E-state index contributed by atoms with van der Waals surface area (Å²) in [6, 6.07) is 7.93. The topological polar surface area (TPSA) is 112 Å². The van der Waals surface area contributed by atoms with Gasteiger partial charge in [-0.1, -0.05) is 36.2 Å². The fourth-order valence-electron chi connectivity index (χ4n) is 3.48. The van der Waals surface area contributed by atoms with Gasteiger partial charge >= 0.3 is 0 Å². The summed E-state index contributed by atoms with van der Waals surface area (Å²) in [5.41, 5.74) is -0.196. The highest BCUT2D eigenvalue weighted by Crippen LogP contribution is 2.39. The van der Waals surface area contributed by atoms with Crippen LogP contribution < -0.4 is 14.2 Å². The number of hydrogen-bond donors (Lipinski definition) is 1. The van der Waals surface area contributed by atoms with Crippen LogP contribution in [0.25, 0.3) is 0 Å². The second-order valence-corrected chi connectivity index (χ2v) is 10.3. The summed E-state index contributed by atoms with van der Waals surface area (Å²) in [6.07, 6.45) is 1.13. The highest BCUT2D eigenvalue weighted by Gasteiger charge is 2.32. The third kappa shape index (κ3) is 6.85. The predicted octanol–water partition coefficient (Wildman–Crippen LogP) is 4.94. The Hall–Kier alpha value is -2.33. The van der Waals surface area contributed by atoms with Gasteiger partial charge in [0.1, 0.15) is 0 Å². The Labute approximate surface area is 209 Å². The number of hydrogen-bond acceptors (Lipinski definition) is 8. The first kappa shape index (κ1) is 27.9. The van der Waals surface area contributed by atoms with E-state index in [1.807, 2.05) is 0 Å². The van der Waals surface area contributed by atoms with Crippen LogP contribution in [-0.4, -0.2) is 54.1 Å². The van der Waals surface area contributed by atoms with Crippen molar-refractivity contribution in [3.63, 3.8) is 0 Å². The van der Waals surface area contributed by atoms with E-state index in [1.165, 1.54) is 33.5 Å². The maximum absolute atomic E-state index is 13.2. The molecule has 0 spiro atoms. The van der Waals surface area contributed by atoms with Gasteiger partial charge in [0.25, 0.3) is 10.1 Å². The van der Waals surface area contributed by atoms with Gasteiger partial charge in [-0.05, 0) is 36.2 Å². The molecule has 0 amide bonds. The number of benzene rings is 2. The number of rotatable bonds is 12. The number of ether oxygens (including phenoxy) is 3. The van der Waals surface area contributed by atoms with E-state index < -0.39 is 21.3 Å².